The lowest BCUT2D eigenvalue weighted by molar-refractivity contribution is -0.127. The molecule has 0 unspecified atom stereocenters. The standard InChI is InChI=1S/C23H28ClFN2O3S/c1-23(2,15-17-7-4-3-5-8-17)26-22(28)18-11-13-27(14-12-18)31(29,30)16-19-20(24)9-6-10-21(19)25/h3-10,18H,11-16H2,1-2H3,(H,26,28). The molecule has 0 bridgehead atoms. The molecule has 0 aliphatic carbocycles. The second kappa shape index (κ2) is 9.67. The molecule has 31 heavy (non-hydrogen) atoms. The van der Waals surface area contributed by atoms with E-state index in [9.17, 15) is 17.6 Å². The molecule has 1 N–H and O–H groups in total. The molecule has 1 aliphatic rings. The SMILES string of the molecule is CC(C)(Cc1ccccc1)NC(=O)C1CCN(S(=O)(=O)Cc2c(F)cccc2Cl)CC1. The number of carbonyl (C=O) groups is 1. The Bertz CT molecular complexity index is 1000. The van der Waals surface area contributed by atoms with Crippen molar-refractivity contribution in [2.24, 2.45) is 5.92 Å². The molecule has 3 rings (SSSR count). The second-order valence-electron chi connectivity index (χ2n) is 8.67. The zero-order valence-corrected chi connectivity index (χ0v) is 19.3. The van der Waals surface area contributed by atoms with E-state index in [-0.39, 0.29) is 35.5 Å². The molecular formula is C23H28ClFN2O3S. The van der Waals surface area contributed by atoms with Crippen LogP contribution in [0.5, 0.6) is 0 Å². The number of nitrogens with one attached hydrogen (secondary N) is 1. The van der Waals surface area contributed by atoms with Gasteiger partial charge in [-0.25, -0.2) is 17.1 Å². The van der Waals surface area contributed by atoms with Crippen molar-refractivity contribution in [1.82, 2.24) is 9.62 Å². The predicted molar refractivity (Wildman–Crippen MR) is 121 cm³/mol. The van der Waals surface area contributed by atoms with Crippen molar-refractivity contribution in [1.29, 1.82) is 0 Å². The summed E-state index contributed by atoms with van der Waals surface area (Å²) < 4.78 is 40.9. The van der Waals surface area contributed by atoms with Gasteiger partial charge < -0.3 is 5.32 Å². The molecule has 0 saturated carbocycles. The molecule has 1 saturated heterocycles. The molecule has 5 nitrogen and oxygen atoms in total. The van der Waals surface area contributed by atoms with Gasteiger partial charge in [-0.15, -0.1) is 0 Å². The number of sulfonamides is 1. The Balaban J connectivity index is 1.56. The monoisotopic (exact) mass is 466 g/mol. The second-order valence-corrected chi connectivity index (χ2v) is 11.0. The molecule has 2 aromatic rings. The first-order valence-corrected chi connectivity index (χ1v) is 12.3. The maximum Gasteiger partial charge on any atom is 0.223 e. The number of carbonyl (C=O) groups excluding carboxylic acids is 1. The quantitative estimate of drug-likeness (QED) is 0.666. The lowest BCUT2D eigenvalue weighted by Crippen LogP contribution is -2.50. The number of piperidine rings is 1. The van der Waals surface area contributed by atoms with Crippen LogP contribution in [0.15, 0.2) is 48.5 Å². The fourth-order valence-corrected chi connectivity index (χ4v) is 5.84. The van der Waals surface area contributed by atoms with Gasteiger partial charge in [0.25, 0.3) is 0 Å². The number of benzene rings is 2. The van der Waals surface area contributed by atoms with E-state index in [0.717, 1.165) is 5.56 Å². The molecule has 1 heterocycles. The van der Waals surface area contributed by atoms with Crippen LogP contribution < -0.4 is 5.32 Å². The summed E-state index contributed by atoms with van der Waals surface area (Å²) in [6.07, 6.45) is 1.56. The van der Waals surface area contributed by atoms with Crippen molar-refractivity contribution in [3.63, 3.8) is 0 Å². The molecular weight excluding hydrogens is 439 g/mol. The van der Waals surface area contributed by atoms with Gasteiger partial charge in [-0.2, -0.15) is 0 Å². The molecule has 1 amide bonds. The van der Waals surface area contributed by atoms with Gasteiger partial charge in [0.05, 0.1) is 5.75 Å². The van der Waals surface area contributed by atoms with Crippen LogP contribution in [0, 0.1) is 11.7 Å². The van der Waals surface area contributed by atoms with E-state index < -0.39 is 27.1 Å². The lowest BCUT2D eigenvalue weighted by Gasteiger charge is -2.33. The molecule has 168 valence electrons. The summed E-state index contributed by atoms with van der Waals surface area (Å²) in [5.74, 6) is -1.43. The minimum atomic E-state index is -3.73. The highest BCUT2D eigenvalue weighted by atomic mass is 35.5. The zero-order chi connectivity index (χ0) is 22.6. The van der Waals surface area contributed by atoms with Gasteiger partial charge in [0.2, 0.25) is 15.9 Å². The number of halogens is 2. The third-order valence-corrected chi connectivity index (χ3v) is 7.72. The van der Waals surface area contributed by atoms with Gasteiger partial charge in [0, 0.05) is 35.1 Å². The molecule has 2 aromatic carbocycles. The van der Waals surface area contributed by atoms with Gasteiger partial charge in [-0.3, -0.25) is 4.79 Å². The van der Waals surface area contributed by atoms with Gasteiger partial charge in [-0.1, -0.05) is 48.0 Å². The molecule has 0 radical (unpaired) electrons. The smallest absolute Gasteiger partial charge is 0.223 e. The summed E-state index contributed by atoms with van der Waals surface area (Å²) in [5, 5.41) is 3.20. The van der Waals surface area contributed by atoms with Crippen LogP contribution in [0.1, 0.15) is 37.8 Å². The molecule has 0 atom stereocenters. The van der Waals surface area contributed by atoms with Crippen molar-refractivity contribution in [2.45, 2.75) is 44.4 Å². The van der Waals surface area contributed by atoms with Crippen LogP contribution in [0.4, 0.5) is 4.39 Å². The Kier molecular flexibility index (Phi) is 7.39. The Hall–Kier alpha value is -1.96. The number of nitrogens with zero attached hydrogens (tertiary/aromatic N) is 1. The molecule has 0 aromatic heterocycles. The Morgan fingerprint density at radius 3 is 2.39 bits per heavy atom. The van der Waals surface area contributed by atoms with E-state index in [1.165, 1.54) is 22.5 Å². The maximum absolute atomic E-state index is 14.0. The highest BCUT2D eigenvalue weighted by molar-refractivity contribution is 7.88. The van der Waals surface area contributed by atoms with E-state index in [0.29, 0.717) is 19.3 Å². The highest BCUT2D eigenvalue weighted by Gasteiger charge is 2.33. The highest BCUT2D eigenvalue weighted by Crippen LogP contribution is 2.26. The van der Waals surface area contributed by atoms with Crippen LogP contribution >= 0.6 is 11.6 Å². The Labute approximate surface area is 188 Å². The predicted octanol–water partition coefficient (Wildman–Crippen LogP) is 4.16. The molecule has 8 heteroatoms. The van der Waals surface area contributed by atoms with Crippen LogP contribution in [-0.4, -0.2) is 37.3 Å². The molecule has 1 fully saturated rings. The Morgan fingerprint density at radius 1 is 1.13 bits per heavy atom. The van der Waals surface area contributed by atoms with Crippen molar-refractivity contribution in [3.8, 4) is 0 Å². The number of amides is 1. The van der Waals surface area contributed by atoms with Gasteiger partial charge in [-0.05, 0) is 50.8 Å². The van der Waals surface area contributed by atoms with Gasteiger partial charge >= 0.3 is 0 Å². The van der Waals surface area contributed by atoms with Gasteiger partial charge in [0.15, 0.2) is 0 Å². The fraction of sp³-hybridized carbons (Fsp3) is 0.435. The largest absolute Gasteiger partial charge is 0.351 e. The molecule has 1 aliphatic heterocycles. The lowest BCUT2D eigenvalue weighted by atomic mass is 9.91. The summed E-state index contributed by atoms with van der Waals surface area (Å²) in [5.41, 5.74) is 0.704. The Morgan fingerprint density at radius 2 is 1.77 bits per heavy atom. The third kappa shape index (κ3) is 6.28. The minimum Gasteiger partial charge on any atom is -0.351 e. The summed E-state index contributed by atoms with van der Waals surface area (Å²) in [6, 6.07) is 14.1. The summed E-state index contributed by atoms with van der Waals surface area (Å²) in [6.45, 7) is 4.42. The van der Waals surface area contributed by atoms with Crippen LogP contribution in [0.3, 0.4) is 0 Å². The van der Waals surface area contributed by atoms with Crippen molar-refractivity contribution >= 4 is 27.5 Å². The number of rotatable bonds is 7. The summed E-state index contributed by atoms with van der Waals surface area (Å²) in [4.78, 5) is 12.8. The first-order chi connectivity index (χ1) is 14.6. The third-order valence-electron chi connectivity index (χ3n) is 5.56. The topological polar surface area (TPSA) is 66.5 Å². The minimum absolute atomic E-state index is 0.0216. The van der Waals surface area contributed by atoms with Crippen LogP contribution in [-0.2, 0) is 27.0 Å². The first kappa shape index (κ1) is 23.7. The zero-order valence-electron chi connectivity index (χ0n) is 17.8. The fourth-order valence-electron chi connectivity index (χ4n) is 3.93. The van der Waals surface area contributed by atoms with E-state index in [2.05, 4.69) is 5.32 Å². The number of hydrogen-bond acceptors (Lipinski definition) is 3. The van der Waals surface area contributed by atoms with Crippen LogP contribution in [0.25, 0.3) is 0 Å². The maximum atomic E-state index is 14.0. The van der Waals surface area contributed by atoms with E-state index >= 15 is 0 Å². The summed E-state index contributed by atoms with van der Waals surface area (Å²) in [7, 11) is -3.73. The first-order valence-electron chi connectivity index (χ1n) is 10.3. The molecule has 0 spiro atoms. The average Bonchev–Trinajstić information content (AvgIpc) is 2.71. The van der Waals surface area contributed by atoms with E-state index in [4.69, 9.17) is 11.6 Å². The van der Waals surface area contributed by atoms with E-state index in [1.54, 1.807) is 0 Å². The summed E-state index contributed by atoms with van der Waals surface area (Å²) >= 11 is 5.98. The van der Waals surface area contributed by atoms with Crippen molar-refractivity contribution in [2.75, 3.05) is 13.1 Å². The van der Waals surface area contributed by atoms with Crippen molar-refractivity contribution in [3.05, 3.63) is 70.5 Å². The average molecular weight is 467 g/mol. The van der Waals surface area contributed by atoms with Crippen LogP contribution in [0.2, 0.25) is 5.02 Å². The van der Waals surface area contributed by atoms with Crippen molar-refractivity contribution < 1.29 is 17.6 Å². The van der Waals surface area contributed by atoms with Gasteiger partial charge in [0.1, 0.15) is 5.82 Å². The number of hydrogen-bond donors (Lipinski definition) is 1. The van der Waals surface area contributed by atoms with E-state index in [1.807, 2.05) is 44.2 Å². The normalized spacial score (nSPS) is 16.3.